The number of rotatable bonds is 6. The summed E-state index contributed by atoms with van der Waals surface area (Å²) in [6.45, 7) is 0.945. The van der Waals surface area contributed by atoms with E-state index in [0.29, 0.717) is 13.4 Å². The average Bonchev–Trinajstić information content (AvgIpc) is 3.13. The second kappa shape index (κ2) is 7.26. The van der Waals surface area contributed by atoms with E-state index in [1.54, 1.807) is 0 Å². The fourth-order valence-corrected chi connectivity index (χ4v) is 3.45. The van der Waals surface area contributed by atoms with Crippen LogP contribution in [-0.4, -0.2) is 32.4 Å². The zero-order chi connectivity index (χ0) is 17.9. The summed E-state index contributed by atoms with van der Waals surface area (Å²) in [4.78, 5) is 2.21. The molecule has 0 aromatic heterocycles. The van der Waals surface area contributed by atoms with Gasteiger partial charge < -0.3 is 19.1 Å². The quantitative estimate of drug-likeness (QED) is 0.649. The molecule has 0 amide bonds. The van der Waals surface area contributed by atoms with Crippen molar-refractivity contribution in [2.75, 3.05) is 27.5 Å². The Bertz CT molecular complexity index is 902. The molecule has 1 heterocycles. The van der Waals surface area contributed by atoms with Crippen LogP contribution < -0.4 is 14.2 Å². The largest absolute Gasteiger partial charge is 0.493 e. The molecule has 0 aliphatic carbocycles. The van der Waals surface area contributed by atoms with Crippen molar-refractivity contribution in [3.8, 4) is 17.2 Å². The third-order valence-corrected chi connectivity index (χ3v) is 4.80. The van der Waals surface area contributed by atoms with Gasteiger partial charge in [0.15, 0.2) is 11.5 Å². The van der Waals surface area contributed by atoms with Crippen LogP contribution in [0.5, 0.6) is 17.2 Å². The molecule has 1 aliphatic heterocycles. The molecule has 0 saturated heterocycles. The summed E-state index contributed by atoms with van der Waals surface area (Å²) in [6.07, 6.45) is 0.885. The van der Waals surface area contributed by atoms with E-state index in [-0.39, 0.29) is 6.04 Å². The monoisotopic (exact) mass is 349 g/mol. The van der Waals surface area contributed by atoms with Crippen LogP contribution in [0.4, 0.5) is 0 Å². The normalized spacial score (nSPS) is 14.0. The van der Waals surface area contributed by atoms with Crippen LogP contribution in [0.3, 0.4) is 0 Å². The Kier molecular flexibility index (Phi) is 4.67. The molecule has 1 aliphatic rings. The van der Waals surface area contributed by atoms with Gasteiger partial charge >= 0.3 is 0 Å². The zero-order valence-electron chi connectivity index (χ0n) is 15.1. The van der Waals surface area contributed by atoms with E-state index in [0.717, 1.165) is 29.1 Å². The number of ether oxygens (including phenoxy) is 3. The van der Waals surface area contributed by atoms with Crippen molar-refractivity contribution in [3.05, 3.63) is 66.2 Å². The summed E-state index contributed by atoms with van der Waals surface area (Å²) in [5, 5.41) is 2.35. The Morgan fingerprint density at radius 2 is 1.77 bits per heavy atom. The van der Waals surface area contributed by atoms with Crippen LogP contribution in [0.15, 0.2) is 60.7 Å². The standard InChI is InChI=1S/C22H23NO3/c1-23(2)19(17-10-11-21-22(14-17)26-15-25-21)12-13-24-20-9-5-7-16-6-3-4-8-18(16)20/h3-11,14,19H,12-13,15H2,1-2H3. The van der Waals surface area contributed by atoms with Crippen molar-refractivity contribution in [2.45, 2.75) is 12.5 Å². The fourth-order valence-electron chi connectivity index (χ4n) is 3.45. The second-order valence-electron chi connectivity index (χ2n) is 6.71. The van der Waals surface area contributed by atoms with E-state index in [1.807, 2.05) is 30.3 Å². The maximum absolute atomic E-state index is 6.13. The highest BCUT2D eigenvalue weighted by Crippen LogP contribution is 2.36. The van der Waals surface area contributed by atoms with Crippen molar-refractivity contribution in [1.82, 2.24) is 4.90 Å². The van der Waals surface area contributed by atoms with Crippen LogP contribution in [0, 0.1) is 0 Å². The van der Waals surface area contributed by atoms with Gasteiger partial charge in [-0.1, -0.05) is 42.5 Å². The molecule has 0 fully saturated rings. The molecule has 0 spiro atoms. The molecule has 0 radical (unpaired) electrons. The minimum Gasteiger partial charge on any atom is -0.493 e. The zero-order valence-corrected chi connectivity index (χ0v) is 15.1. The smallest absolute Gasteiger partial charge is 0.231 e. The minimum atomic E-state index is 0.250. The van der Waals surface area contributed by atoms with Gasteiger partial charge in [-0.3, -0.25) is 0 Å². The Hall–Kier alpha value is -2.72. The van der Waals surface area contributed by atoms with Gasteiger partial charge in [-0.25, -0.2) is 0 Å². The number of benzene rings is 3. The van der Waals surface area contributed by atoms with E-state index in [9.17, 15) is 0 Å². The molecule has 3 aromatic carbocycles. The van der Waals surface area contributed by atoms with Crippen molar-refractivity contribution in [2.24, 2.45) is 0 Å². The highest BCUT2D eigenvalue weighted by molar-refractivity contribution is 5.88. The van der Waals surface area contributed by atoms with Gasteiger partial charge in [-0.2, -0.15) is 0 Å². The molecule has 1 unspecified atom stereocenters. The highest BCUT2D eigenvalue weighted by Gasteiger charge is 2.19. The molecule has 26 heavy (non-hydrogen) atoms. The Morgan fingerprint density at radius 1 is 0.962 bits per heavy atom. The van der Waals surface area contributed by atoms with Gasteiger partial charge in [0.2, 0.25) is 6.79 Å². The SMILES string of the molecule is CN(C)C(CCOc1cccc2ccccc12)c1ccc2c(c1)OCO2. The highest BCUT2D eigenvalue weighted by atomic mass is 16.7. The number of hydrogen-bond donors (Lipinski definition) is 0. The Morgan fingerprint density at radius 3 is 2.65 bits per heavy atom. The predicted molar refractivity (Wildman–Crippen MR) is 103 cm³/mol. The fraction of sp³-hybridized carbons (Fsp3) is 0.273. The number of nitrogens with zero attached hydrogens (tertiary/aromatic N) is 1. The first kappa shape index (κ1) is 16.7. The van der Waals surface area contributed by atoms with Gasteiger partial charge in [0.05, 0.1) is 6.61 Å². The summed E-state index contributed by atoms with van der Waals surface area (Å²) in [7, 11) is 4.18. The maximum Gasteiger partial charge on any atom is 0.231 e. The Labute approximate surface area is 153 Å². The molecule has 134 valence electrons. The topological polar surface area (TPSA) is 30.9 Å². The molecule has 1 atom stereocenters. The van der Waals surface area contributed by atoms with E-state index < -0.39 is 0 Å². The van der Waals surface area contributed by atoms with Gasteiger partial charge in [-0.05, 0) is 43.2 Å². The van der Waals surface area contributed by atoms with Gasteiger partial charge in [0.1, 0.15) is 5.75 Å². The van der Waals surface area contributed by atoms with Crippen molar-refractivity contribution >= 4 is 10.8 Å². The molecular formula is C22H23NO3. The van der Waals surface area contributed by atoms with Crippen molar-refractivity contribution in [1.29, 1.82) is 0 Å². The van der Waals surface area contributed by atoms with Crippen LogP contribution >= 0.6 is 0 Å². The maximum atomic E-state index is 6.13. The van der Waals surface area contributed by atoms with Crippen LogP contribution in [0.1, 0.15) is 18.0 Å². The first-order valence-electron chi connectivity index (χ1n) is 8.89. The molecule has 4 nitrogen and oxygen atoms in total. The summed E-state index contributed by atoms with van der Waals surface area (Å²) in [5.41, 5.74) is 1.21. The molecule has 4 rings (SSSR count). The van der Waals surface area contributed by atoms with Crippen LogP contribution in [0.25, 0.3) is 10.8 Å². The van der Waals surface area contributed by atoms with E-state index >= 15 is 0 Å². The first-order chi connectivity index (χ1) is 12.7. The predicted octanol–water partition coefficient (Wildman–Crippen LogP) is 4.64. The molecular weight excluding hydrogens is 326 g/mol. The Balaban J connectivity index is 1.48. The van der Waals surface area contributed by atoms with Crippen molar-refractivity contribution < 1.29 is 14.2 Å². The number of fused-ring (bicyclic) bond motifs is 2. The lowest BCUT2D eigenvalue weighted by atomic mass is 10.0. The van der Waals surface area contributed by atoms with E-state index in [1.165, 1.54) is 10.9 Å². The summed E-state index contributed by atoms with van der Waals surface area (Å²) >= 11 is 0. The lowest BCUT2D eigenvalue weighted by Gasteiger charge is -2.25. The third kappa shape index (κ3) is 3.33. The summed E-state index contributed by atoms with van der Waals surface area (Å²) < 4.78 is 17.1. The average molecular weight is 349 g/mol. The van der Waals surface area contributed by atoms with Gasteiger partial charge in [0, 0.05) is 17.8 Å². The number of hydrogen-bond acceptors (Lipinski definition) is 4. The van der Waals surface area contributed by atoms with E-state index in [4.69, 9.17) is 14.2 Å². The second-order valence-corrected chi connectivity index (χ2v) is 6.71. The molecule has 3 aromatic rings. The lowest BCUT2D eigenvalue weighted by Crippen LogP contribution is -2.22. The van der Waals surface area contributed by atoms with Gasteiger partial charge in [0.25, 0.3) is 0 Å². The minimum absolute atomic E-state index is 0.250. The van der Waals surface area contributed by atoms with Crippen LogP contribution in [0.2, 0.25) is 0 Å². The third-order valence-electron chi connectivity index (χ3n) is 4.80. The molecule has 0 bridgehead atoms. The van der Waals surface area contributed by atoms with Crippen LogP contribution in [-0.2, 0) is 0 Å². The summed E-state index contributed by atoms with van der Waals surface area (Å²) in [5.74, 6) is 2.58. The van der Waals surface area contributed by atoms with Gasteiger partial charge in [-0.15, -0.1) is 0 Å². The summed E-state index contributed by atoms with van der Waals surface area (Å²) in [6, 6.07) is 20.9. The van der Waals surface area contributed by atoms with E-state index in [2.05, 4.69) is 49.3 Å². The molecule has 0 saturated carbocycles. The molecule has 4 heteroatoms. The van der Waals surface area contributed by atoms with Crippen molar-refractivity contribution in [3.63, 3.8) is 0 Å². The first-order valence-corrected chi connectivity index (χ1v) is 8.89. The lowest BCUT2D eigenvalue weighted by molar-refractivity contribution is 0.173. The molecule has 0 N–H and O–H groups in total.